The maximum atomic E-state index is 14.3. The number of hydrogen-bond donors (Lipinski definition) is 3. The zero-order valence-corrected chi connectivity index (χ0v) is 23.8. The van der Waals surface area contributed by atoms with E-state index in [-0.39, 0.29) is 17.7 Å². The number of hydrogen-bond acceptors (Lipinski definition) is 4. The van der Waals surface area contributed by atoms with E-state index in [1.54, 1.807) is 0 Å². The Hall–Kier alpha value is -2.87. The second kappa shape index (κ2) is 12.5. The molecule has 2 amide bonds. The van der Waals surface area contributed by atoms with E-state index in [4.69, 9.17) is 11.6 Å². The van der Waals surface area contributed by atoms with Crippen molar-refractivity contribution in [2.75, 3.05) is 45.2 Å². The van der Waals surface area contributed by atoms with Crippen molar-refractivity contribution >= 4 is 40.0 Å². The van der Waals surface area contributed by atoms with Crippen molar-refractivity contribution < 1.29 is 9.59 Å². The molecule has 0 bridgehead atoms. The van der Waals surface area contributed by atoms with Gasteiger partial charge in [-0.05, 0) is 100 Å². The molecule has 1 saturated heterocycles. The molecule has 2 aliphatic heterocycles. The summed E-state index contributed by atoms with van der Waals surface area (Å²) >= 11 is 6.36. The molecule has 1 fully saturated rings. The number of para-hydroxylation sites is 1. The molecular weight excluding hydrogens is 510 g/mol. The van der Waals surface area contributed by atoms with Crippen molar-refractivity contribution in [3.8, 4) is 0 Å². The number of carbonyl (C=O) groups is 2. The summed E-state index contributed by atoms with van der Waals surface area (Å²) in [5, 5.41) is 8.30. The number of benzene rings is 2. The van der Waals surface area contributed by atoms with Crippen LogP contribution in [0.5, 0.6) is 0 Å². The molecule has 1 aromatic heterocycles. The molecule has 2 aromatic carbocycles. The molecule has 0 spiro atoms. The summed E-state index contributed by atoms with van der Waals surface area (Å²) in [7, 11) is 4.12. The number of carbonyl (C=O) groups excluding carboxylic acids is 2. The number of piperidine rings is 1. The number of fused-ring (bicyclic) bond motifs is 2. The van der Waals surface area contributed by atoms with Crippen LogP contribution in [0.4, 0.5) is 5.69 Å². The van der Waals surface area contributed by atoms with Crippen molar-refractivity contribution in [3.05, 3.63) is 64.8 Å². The topological polar surface area (TPSA) is 80.5 Å². The van der Waals surface area contributed by atoms with Crippen LogP contribution in [0.25, 0.3) is 10.9 Å². The van der Waals surface area contributed by atoms with Crippen LogP contribution in [0.1, 0.15) is 36.8 Å². The van der Waals surface area contributed by atoms with Gasteiger partial charge in [0.1, 0.15) is 6.04 Å². The molecule has 0 saturated carbocycles. The summed E-state index contributed by atoms with van der Waals surface area (Å²) in [6.07, 6.45) is 6.77. The van der Waals surface area contributed by atoms with Crippen molar-refractivity contribution in [1.29, 1.82) is 0 Å². The fourth-order valence-electron chi connectivity index (χ4n) is 6.24. The Morgan fingerprint density at radius 3 is 2.72 bits per heavy atom. The number of aromatic nitrogens is 1. The van der Waals surface area contributed by atoms with Crippen molar-refractivity contribution in [2.45, 2.75) is 44.6 Å². The molecule has 3 aromatic rings. The van der Waals surface area contributed by atoms with Crippen LogP contribution in [-0.2, 0) is 22.4 Å². The fourth-order valence-corrected chi connectivity index (χ4v) is 6.44. The lowest BCUT2D eigenvalue weighted by atomic mass is 9.91. The predicted molar refractivity (Wildman–Crippen MR) is 158 cm³/mol. The first-order chi connectivity index (χ1) is 18.9. The standard InChI is InChI=1S/C31H40ClN5O2/c1-36(2)19-22-15-23-16-25(32)8-9-29(23)37(20-22)31(39)28(17-24-18-34-27-6-4-3-5-26(24)27)35-30(38)10-7-21-11-13-33-14-12-21/h3-6,8-9,16,18,21-22,28,33-34H,7,10-15,17,19-20H2,1-2H3,(H,35,38)/t22-,28+/m0/s1. The molecule has 3 N–H and O–H groups in total. The molecular formula is C31H40ClN5O2. The van der Waals surface area contributed by atoms with Crippen molar-refractivity contribution in [3.63, 3.8) is 0 Å². The van der Waals surface area contributed by atoms with Crippen molar-refractivity contribution in [2.24, 2.45) is 11.8 Å². The van der Waals surface area contributed by atoms with Crippen LogP contribution in [0, 0.1) is 11.8 Å². The molecule has 0 radical (unpaired) electrons. The van der Waals surface area contributed by atoms with Crippen LogP contribution >= 0.6 is 11.6 Å². The zero-order valence-electron chi connectivity index (χ0n) is 23.0. The Labute approximate surface area is 236 Å². The van der Waals surface area contributed by atoms with Gasteiger partial charge in [0, 0.05) is 53.7 Å². The van der Waals surface area contributed by atoms with Gasteiger partial charge in [-0.25, -0.2) is 0 Å². The van der Waals surface area contributed by atoms with Gasteiger partial charge in [0.05, 0.1) is 0 Å². The van der Waals surface area contributed by atoms with Crippen molar-refractivity contribution in [1.82, 2.24) is 20.5 Å². The SMILES string of the molecule is CN(C)C[C@@H]1Cc2cc(Cl)ccc2N(C(=O)[C@@H](Cc2c[nH]c3ccccc23)NC(=O)CCC2CCNCC2)C1. The highest BCUT2D eigenvalue weighted by Crippen LogP contribution is 2.33. The second-order valence-corrected chi connectivity index (χ2v) is 11.9. The molecule has 0 unspecified atom stereocenters. The van der Waals surface area contributed by atoms with Gasteiger partial charge in [-0.2, -0.15) is 0 Å². The summed E-state index contributed by atoms with van der Waals surface area (Å²) in [6.45, 7) is 3.51. The second-order valence-electron chi connectivity index (χ2n) is 11.5. The lowest BCUT2D eigenvalue weighted by Crippen LogP contribution is -2.53. The van der Waals surface area contributed by atoms with Crippen LogP contribution in [0.2, 0.25) is 5.02 Å². The molecule has 2 aliphatic rings. The molecule has 39 heavy (non-hydrogen) atoms. The van der Waals surface area contributed by atoms with Gasteiger partial charge in [0.2, 0.25) is 11.8 Å². The molecule has 0 aliphatic carbocycles. The highest BCUT2D eigenvalue weighted by Gasteiger charge is 2.34. The first kappa shape index (κ1) is 27.7. The average Bonchev–Trinajstić information content (AvgIpc) is 3.33. The Kier molecular flexibility index (Phi) is 8.90. The first-order valence-electron chi connectivity index (χ1n) is 14.2. The molecule has 8 heteroatoms. The van der Waals surface area contributed by atoms with Crippen LogP contribution in [0.15, 0.2) is 48.7 Å². The minimum atomic E-state index is -0.661. The summed E-state index contributed by atoms with van der Waals surface area (Å²) in [5.74, 6) is 0.719. The highest BCUT2D eigenvalue weighted by molar-refractivity contribution is 6.30. The van der Waals surface area contributed by atoms with E-state index in [2.05, 4.69) is 40.7 Å². The van der Waals surface area contributed by atoms with E-state index in [1.807, 2.05) is 47.5 Å². The van der Waals surface area contributed by atoms with E-state index in [9.17, 15) is 9.59 Å². The molecule has 7 nitrogen and oxygen atoms in total. The van der Waals surface area contributed by atoms with Crippen LogP contribution in [0.3, 0.4) is 0 Å². The molecule has 3 heterocycles. The number of anilines is 1. The van der Waals surface area contributed by atoms with Gasteiger partial charge >= 0.3 is 0 Å². The lowest BCUT2D eigenvalue weighted by molar-refractivity contribution is -0.127. The Balaban J connectivity index is 1.40. The molecule has 208 valence electrons. The zero-order chi connectivity index (χ0) is 27.4. The summed E-state index contributed by atoms with van der Waals surface area (Å²) in [5.41, 5.74) is 4.03. The quantitative estimate of drug-likeness (QED) is 0.370. The minimum Gasteiger partial charge on any atom is -0.361 e. The van der Waals surface area contributed by atoms with Gasteiger partial charge in [0.15, 0.2) is 0 Å². The number of aromatic amines is 1. The van der Waals surface area contributed by atoms with E-state index in [1.165, 1.54) is 0 Å². The van der Waals surface area contributed by atoms with E-state index in [0.29, 0.717) is 30.3 Å². The third-order valence-corrected chi connectivity index (χ3v) is 8.38. The van der Waals surface area contributed by atoms with E-state index >= 15 is 0 Å². The van der Waals surface area contributed by atoms with Crippen LogP contribution in [-0.4, -0.2) is 68.0 Å². The van der Waals surface area contributed by atoms with Gasteiger partial charge in [-0.1, -0.05) is 29.8 Å². The van der Waals surface area contributed by atoms with Gasteiger partial charge in [-0.15, -0.1) is 0 Å². The molecule has 2 atom stereocenters. The Bertz CT molecular complexity index is 1300. The lowest BCUT2D eigenvalue weighted by Gasteiger charge is -2.37. The summed E-state index contributed by atoms with van der Waals surface area (Å²) < 4.78 is 0. The first-order valence-corrected chi connectivity index (χ1v) is 14.5. The molecule has 5 rings (SSSR count). The summed E-state index contributed by atoms with van der Waals surface area (Å²) in [6, 6.07) is 13.2. The van der Waals surface area contributed by atoms with E-state index < -0.39 is 6.04 Å². The third-order valence-electron chi connectivity index (χ3n) is 8.14. The predicted octanol–water partition coefficient (Wildman–Crippen LogP) is 4.40. The Morgan fingerprint density at radius 1 is 1.13 bits per heavy atom. The number of H-pyrrole nitrogens is 1. The van der Waals surface area contributed by atoms with E-state index in [0.717, 1.165) is 73.0 Å². The Morgan fingerprint density at radius 2 is 1.92 bits per heavy atom. The third kappa shape index (κ3) is 6.83. The summed E-state index contributed by atoms with van der Waals surface area (Å²) in [4.78, 5) is 34.9. The largest absolute Gasteiger partial charge is 0.361 e. The average molecular weight is 550 g/mol. The van der Waals surface area contributed by atoms with Crippen LogP contribution < -0.4 is 15.5 Å². The smallest absolute Gasteiger partial charge is 0.249 e. The van der Waals surface area contributed by atoms with Gasteiger partial charge in [0.25, 0.3) is 0 Å². The number of amides is 2. The number of rotatable bonds is 9. The number of nitrogens with zero attached hydrogens (tertiary/aromatic N) is 2. The maximum Gasteiger partial charge on any atom is 0.249 e. The maximum absolute atomic E-state index is 14.3. The number of halogens is 1. The fraction of sp³-hybridized carbons (Fsp3) is 0.484. The van der Waals surface area contributed by atoms with Gasteiger partial charge < -0.3 is 25.4 Å². The van der Waals surface area contributed by atoms with Gasteiger partial charge in [-0.3, -0.25) is 9.59 Å². The minimum absolute atomic E-state index is 0.0510. The monoisotopic (exact) mass is 549 g/mol. The normalized spacial score (nSPS) is 18.8. The number of nitrogens with one attached hydrogen (secondary N) is 3. The highest BCUT2D eigenvalue weighted by atomic mass is 35.5.